The Morgan fingerprint density at radius 1 is 0.833 bits per heavy atom. The van der Waals surface area contributed by atoms with Crippen molar-refractivity contribution in [2.75, 3.05) is 13.1 Å². The van der Waals surface area contributed by atoms with Crippen molar-refractivity contribution in [3.63, 3.8) is 0 Å². The maximum Gasteiger partial charge on any atom is 0.253 e. The molecular formula is C26H23FN2O. The number of nitrogens with zero attached hydrogens (tertiary/aromatic N) is 1. The Bertz CT molecular complexity index is 1050. The molecule has 3 aliphatic rings. The van der Waals surface area contributed by atoms with Crippen molar-refractivity contribution >= 4 is 18.1 Å². The molecule has 3 atom stereocenters. The van der Waals surface area contributed by atoms with Gasteiger partial charge in [-0.1, -0.05) is 66.7 Å². The van der Waals surface area contributed by atoms with Gasteiger partial charge in [0.05, 0.1) is 0 Å². The maximum absolute atomic E-state index is 13.1. The summed E-state index contributed by atoms with van der Waals surface area (Å²) < 4.78 is 13.1. The number of amides is 1. The predicted molar refractivity (Wildman–Crippen MR) is 118 cm³/mol. The van der Waals surface area contributed by atoms with Crippen molar-refractivity contribution in [1.29, 1.82) is 0 Å². The first-order chi connectivity index (χ1) is 14.7. The summed E-state index contributed by atoms with van der Waals surface area (Å²) >= 11 is 0. The zero-order chi connectivity index (χ0) is 20.5. The van der Waals surface area contributed by atoms with Crippen molar-refractivity contribution in [1.82, 2.24) is 10.2 Å². The van der Waals surface area contributed by atoms with E-state index < -0.39 is 0 Å². The minimum absolute atomic E-state index is 0.0219. The van der Waals surface area contributed by atoms with Gasteiger partial charge in [-0.3, -0.25) is 4.79 Å². The van der Waals surface area contributed by atoms with Crippen molar-refractivity contribution in [3.8, 4) is 0 Å². The molecule has 3 saturated heterocycles. The Kier molecular flexibility index (Phi) is 4.93. The summed E-state index contributed by atoms with van der Waals surface area (Å²) in [5.74, 6) is 0.0811. The molecular weight excluding hydrogens is 375 g/mol. The summed E-state index contributed by atoms with van der Waals surface area (Å²) in [7, 11) is 0. The van der Waals surface area contributed by atoms with Crippen LogP contribution in [0.1, 0.15) is 33.0 Å². The Balaban J connectivity index is 1.24. The molecule has 0 aromatic heterocycles. The van der Waals surface area contributed by atoms with Crippen molar-refractivity contribution in [3.05, 3.63) is 107 Å². The smallest absolute Gasteiger partial charge is 0.253 e. The number of halogens is 1. The summed E-state index contributed by atoms with van der Waals surface area (Å²) in [6, 6.07) is 25.3. The molecule has 0 saturated carbocycles. The van der Waals surface area contributed by atoms with Crippen LogP contribution in [0.2, 0.25) is 0 Å². The number of piperidine rings is 1. The van der Waals surface area contributed by atoms with E-state index in [1.54, 1.807) is 12.1 Å². The number of fused-ring (bicyclic) bond motifs is 2. The summed E-state index contributed by atoms with van der Waals surface area (Å²) in [5, 5.41) is 3.57. The molecule has 30 heavy (non-hydrogen) atoms. The lowest BCUT2D eigenvalue weighted by Crippen LogP contribution is -2.72. The van der Waals surface area contributed by atoms with Crippen molar-refractivity contribution in [2.24, 2.45) is 0 Å². The molecule has 0 aliphatic carbocycles. The molecule has 3 aliphatic heterocycles. The summed E-state index contributed by atoms with van der Waals surface area (Å²) in [4.78, 5) is 14.6. The Morgan fingerprint density at radius 3 is 2.07 bits per heavy atom. The van der Waals surface area contributed by atoms with Gasteiger partial charge >= 0.3 is 0 Å². The zero-order valence-corrected chi connectivity index (χ0v) is 16.5. The van der Waals surface area contributed by atoms with Gasteiger partial charge in [-0.2, -0.15) is 0 Å². The average Bonchev–Trinajstić information content (AvgIpc) is 2.79. The van der Waals surface area contributed by atoms with Gasteiger partial charge in [0, 0.05) is 36.7 Å². The van der Waals surface area contributed by atoms with Gasteiger partial charge < -0.3 is 10.2 Å². The molecule has 4 heteroatoms. The molecule has 2 bridgehead atoms. The second kappa shape index (κ2) is 7.88. The van der Waals surface area contributed by atoms with E-state index in [2.05, 4.69) is 53.9 Å². The van der Waals surface area contributed by atoms with Crippen LogP contribution in [0.4, 0.5) is 4.39 Å². The lowest BCUT2D eigenvalue weighted by atomic mass is 9.74. The number of nitrogens with one attached hydrogen (secondary N) is 1. The number of carbonyl (C=O) groups is 1. The van der Waals surface area contributed by atoms with Gasteiger partial charge in [-0.25, -0.2) is 4.39 Å². The SMILES string of the molecule is O=C(c1ccc(F)cc1)N1C[C@@H]2N[C@H](C1)C2c1ccc(/C=C/c2ccccc2)cc1. The van der Waals surface area contributed by atoms with E-state index in [0.29, 0.717) is 24.6 Å². The first-order valence-corrected chi connectivity index (χ1v) is 10.3. The molecule has 3 aromatic carbocycles. The maximum atomic E-state index is 13.1. The highest BCUT2D eigenvalue weighted by molar-refractivity contribution is 5.94. The Morgan fingerprint density at radius 2 is 1.43 bits per heavy atom. The topological polar surface area (TPSA) is 32.3 Å². The van der Waals surface area contributed by atoms with Crippen LogP contribution >= 0.6 is 0 Å². The molecule has 3 aromatic rings. The summed E-state index contributed by atoms with van der Waals surface area (Å²) in [6.45, 7) is 1.35. The van der Waals surface area contributed by atoms with E-state index in [1.807, 2.05) is 23.1 Å². The summed E-state index contributed by atoms with van der Waals surface area (Å²) in [5.41, 5.74) is 4.22. The second-order valence-electron chi connectivity index (χ2n) is 8.03. The highest BCUT2D eigenvalue weighted by atomic mass is 19.1. The molecule has 6 rings (SSSR count). The van der Waals surface area contributed by atoms with Crippen molar-refractivity contribution in [2.45, 2.75) is 18.0 Å². The molecule has 150 valence electrons. The fraction of sp³-hybridized carbons (Fsp3) is 0.192. The standard InChI is InChI=1S/C26H23FN2O/c27-22-14-12-21(13-15-22)26(30)29-16-23-25(24(17-29)28-23)20-10-8-19(9-11-20)7-6-18-4-2-1-3-5-18/h1-15,23-25,28H,16-17H2/b7-6+/t23-,24+,25?. The van der Waals surface area contributed by atoms with E-state index in [4.69, 9.17) is 0 Å². The molecule has 3 heterocycles. The van der Waals surface area contributed by atoms with Crippen LogP contribution in [0.3, 0.4) is 0 Å². The number of benzene rings is 3. The molecule has 1 unspecified atom stereocenters. The highest BCUT2D eigenvalue weighted by Crippen LogP contribution is 2.37. The van der Waals surface area contributed by atoms with Gasteiger partial charge in [0.25, 0.3) is 5.91 Å². The second-order valence-corrected chi connectivity index (χ2v) is 8.03. The van der Waals surface area contributed by atoms with E-state index in [-0.39, 0.29) is 23.8 Å². The Hall–Kier alpha value is -3.24. The third-order valence-corrected chi connectivity index (χ3v) is 6.10. The highest BCUT2D eigenvalue weighted by Gasteiger charge is 2.48. The minimum Gasteiger partial charge on any atom is -0.335 e. The average molecular weight is 398 g/mol. The van der Waals surface area contributed by atoms with E-state index in [0.717, 1.165) is 0 Å². The van der Waals surface area contributed by atoms with Crippen LogP contribution in [-0.2, 0) is 0 Å². The van der Waals surface area contributed by atoms with Crippen LogP contribution in [-0.4, -0.2) is 36.0 Å². The van der Waals surface area contributed by atoms with Gasteiger partial charge in [-0.05, 0) is 41.0 Å². The molecule has 3 fully saturated rings. The zero-order valence-electron chi connectivity index (χ0n) is 16.5. The normalized spacial score (nSPS) is 22.7. The van der Waals surface area contributed by atoms with Gasteiger partial charge in [0.2, 0.25) is 0 Å². The number of rotatable bonds is 4. The van der Waals surface area contributed by atoms with Crippen LogP contribution in [0.15, 0.2) is 78.9 Å². The van der Waals surface area contributed by atoms with Crippen LogP contribution in [0, 0.1) is 5.82 Å². The van der Waals surface area contributed by atoms with E-state index >= 15 is 0 Å². The minimum atomic E-state index is -0.322. The lowest BCUT2D eigenvalue weighted by Gasteiger charge is -2.54. The van der Waals surface area contributed by atoms with E-state index in [1.165, 1.54) is 28.8 Å². The summed E-state index contributed by atoms with van der Waals surface area (Å²) in [6.07, 6.45) is 4.25. The monoisotopic (exact) mass is 398 g/mol. The molecule has 1 amide bonds. The number of hydrogen-bond acceptors (Lipinski definition) is 2. The molecule has 1 N–H and O–H groups in total. The fourth-order valence-electron chi connectivity index (χ4n) is 4.52. The van der Waals surface area contributed by atoms with Crippen LogP contribution < -0.4 is 5.32 Å². The number of piperazine rings is 1. The van der Waals surface area contributed by atoms with Gasteiger partial charge in [0.15, 0.2) is 0 Å². The first kappa shape index (κ1) is 18.8. The van der Waals surface area contributed by atoms with Crippen LogP contribution in [0.25, 0.3) is 12.2 Å². The van der Waals surface area contributed by atoms with Crippen LogP contribution in [0.5, 0.6) is 0 Å². The Labute approximate surface area is 175 Å². The third-order valence-electron chi connectivity index (χ3n) is 6.10. The number of hydrogen-bond donors (Lipinski definition) is 1. The van der Waals surface area contributed by atoms with Crippen molar-refractivity contribution < 1.29 is 9.18 Å². The fourth-order valence-corrected chi connectivity index (χ4v) is 4.52. The molecule has 0 radical (unpaired) electrons. The van der Waals surface area contributed by atoms with Gasteiger partial charge in [0.1, 0.15) is 5.82 Å². The molecule has 3 nitrogen and oxygen atoms in total. The largest absolute Gasteiger partial charge is 0.335 e. The first-order valence-electron chi connectivity index (χ1n) is 10.3. The van der Waals surface area contributed by atoms with Gasteiger partial charge in [-0.15, -0.1) is 0 Å². The predicted octanol–water partition coefficient (Wildman–Crippen LogP) is 4.58. The van der Waals surface area contributed by atoms with E-state index in [9.17, 15) is 9.18 Å². The number of carbonyl (C=O) groups excluding carboxylic acids is 1. The quantitative estimate of drug-likeness (QED) is 0.653. The molecule has 0 spiro atoms. The third kappa shape index (κ3) is 3.66. The lowest BCUT2D eigenvalue weighted by molar-refractivity contribution is 0.0367.